The molecule has 0 saturated heterocycles. The van der Waals surface area contributed by atoms with Crippen LogP contribution in [0, 0.1) is 0 Å². The summed E-state index contributed by atoms with van der Waals surface area (Å²) in [6.07, 6.45) is 3.81. The molecule has 1 aliphatic rings. The van der Waals surface area contributed by atoms with Gasteiger partial charge >= 0.3 is 5.69 Å². The molecule has 0 fully saturated rings. The molecule has 126 valence electrons. The Bertz CT molecular complexity index is 1010. The second-order valence-electron chi connectivity index (χ2n) is 6.08. The Morgan fingerprint density at radius 1 is 1.12 bits per heavy atom. The topological polar surface area (TPSA) is 87.8 Å². The minimum Gasteiger partial charge on any atom is -0.328 e. The number of aromatic nitrogens is 4. The van der Waals surface area contributed by atoms with Crippen LogP contribution in [0.25, 0.3) is 11.2 Å². The fourth-order valence-corrected chi connectivity index (χ4v) is 3.06. The van der Waals surface area contributed by atoms with E-state index in [0.29, 0.717) is 17.2 Å². The standard InChI is InChI=1S/C9H11N.C8H10N4O2/c10-9-6-5-7-3-1-2-4-8(7)9;1-10-4-9-6-5(10)7(13)12(3)8(14)11(6)2/h1-4,9H,5-6,10H2;4H,1-3H3. The molecule has 2 heterocycles. The van der Waals surface area contributed by atoms with Crippen LogP contribution in [0.4, 0.5) is 0 Å². The van der Waals surface area contributed by atoms with Crippen molar-refractivity contribution in [1.82, 2.24) is 18.7 Å². The van der Waals surface area contributed by atoms with Gasteiger partial charge in [0.15, 0.2) is 11.2 Å². The summed E-state index contributed by atoms with van der Waals surface area (Å²) in [6, 6.07) is 8.74. The van der Waals surface area contributed by atoms with E-state index in [2.05, 4.69) is 29.2 Å². The van der Waals surface area contributed by atoms with Crippen LogP contribution < -0.4 is 17.0 Å². The molecule has 2 aromatic heterocycles. The zero-order valence-corrected chi connectivity index (χ0v) is 14.1. The molecule has 1 atom stereocenters. The third-order valence-electron chi connectivity index (χ3n) is 4.50. The van der Waals surface area contributed by atoms with Gasteiger partial charge in [-0.1, -0.05) is 24.3 Å². The van der Waals surface area contributed by atoms with Crippen LogP contribution in [0.5, 0.6) is 0 Å². The summed E-state index contributed by atoms with van der Waals surface area (Å²) in [7, 11) is 4.77. The van der Waals surface area contributed by atoms with Crippen molar-refractivity contribution in [3.63, 3.8) is 0 Å². The lowest BCUT2D eigenvalue weighted by Crippen LogP contribution is -2.37. The number of nitrogens with zero attached hydrogens (tertiary/aromatic N) is 4. The smallest absolute Gasteiger partial charge is 0.328 e. The van der Waals surface area contributed by atoms with E-state index in [-0.39, 0.29) is 11.2 Å². The molecule has 4 rings (SSSR count). The van der Waals surface area contributed by atoms with Crippen molar-refractivity contribution >= 4 is 11.2 Å². The number of rotatable bonds is 0. The fraction of sp³-hybridized carbons (Fsp3) is 0.353. The van der Waals surface area contributed by atoms with Gasteiger partial charge in [-0.25, -0.2) is 9.78 Å². The monoisotopic (exact) mass is 327 g/mol. The van der Waals surface area contributed by atoms with E-state index in [1.807, 2.05) is 0 Å². The highest BCUT2D eigenvalue weighted by Crippen LogP contribution is 2.28. The Hall–Kier alpha value is -2.67. The van der Waals surface area contributed by atoms with Gasteiger partial charge in [-0.2, -0.15) is 0 Å². The Morgan fingerprint density at radius 3 is 2.54 bits per heavy atom. The van der Waals surface area contributed by atoms with Crippen LogP contribution in [0.15, 0.2) is 40.2 Å². The Kier molecular flexibility index (Phi) is 4.11. The predicted octanol–water partition coefficient (Wildman–Crippen LogP) is 0.603. The minimum atomic E-state index is -0.360. The normalized spacial score (nSPS) is 15.9. The largest absolute Gasteiger partial charge is 0.332 e. The maximum atomic E-state index is 11.7. The Labute approximate surface area is 139 Å². The Balaban J connectivity index is 0.000000149. The van der Waals surface area contributed by atoms with E-state index in [1.165, 1.54) is 29.1 Å². The lowest BCUT2D eigenvalue weighted by Gasteiger charge is -2.02. The summed E-state index contributed by atoms with van der Waals surface area (Å²) in [5, 5.41) is 0. The average molecular weight is 327 g/mol. The van der Waals surface area contributed by atoms with Gasteiger partial charge in [0.05, 0.1) is 6.33 Å². The molecule has 0 spiro atoms. The zero-order valence-electron chi connectivity index (χ0n) is 14.1. The first kappa shape index (κ1) is 16.2. The van der Waals surface area contributed by atoms with Gasteiger partial charge in [-0.05, 0) is 24.0 Å². The summed E-state index contributed by atoms with van der Waals surface area (Å²) < 4.78 is 4.04. The molecule has 0 saturated carbocycles. The maximum absolute atomic E-state index is 11.7. The number of fused-ring (bicyclic) bond motifs is 2. The van der Waals surface area contributed by atoms with Crippen molar-refractivity contribution in [2.45, 2.75) is 18.9 Å². The number of imidazole rings is 1. The molecule has 7 heteroatoms. The fourth-order valence-electron chi connectivity index (χ4n) is 3.06. The van der Waals surface area contributed by atoms with E-state index in [1.54, 1.807) is 18.7 Å². The van der Waals surface area contributed by atoms with Gasteiger partial charge in [-0.3, -0.25) is 13.9 Å². The number of hydrogen-bond acceptors (Lipinski definition) is 4. The molecular weight excluding hydrogens is 306 g/mol. The predicted molar refractivity (Wildman–Crippen MR) is 92.9 cm³/mol. The maximum Gasteiger partial charge on any atom is 0.332 e. The van der Waals surface area contributed by atoms with E-state index < -0.39 is 0 Å². The molecule has 0 amide bonds. The summed E-state index contributed by atoms with van der Waals surface area (Å²) in [5.41, 5.74) is 8.82. The van der Waals surface area contributed by atoms with Crippen molar-refractivity contribution < 1.29 is 0 Å². The quantitative estimate of drug-likeness (QED) is 0.655. The van der Waals surface area contributed by atoms with Crippen molar-refractivity contribution in [1.29, 1.82) is 0 Å². The van der Waals surface area contributed by atoms with E-state index >= 15 is 0 Å². The van der Waals surface area contributed by atoms with Crippen molar-refractivity contribution in [2.24, 2.45) is 26.9 Å². The molecule has 2 N–H and O–H groups in total. The number of hydrogen-bond donors (Lipinski definition) is 1. The highest BCUT2D eigenvalue weighted by molar-refractivity contribution is 5.69. The van der Waals surface area contributed by atoms with Crippen LogP contribution in [-0.2, 0) is 27.6 Å². The highest BCUT2D eigenvalue weighted by Gasteiger charge is 2.16. The number of aryl methyl sites for hydroxylation is 3. The third-order valence-corrected chi connectivity index (χ3v) is 4.50. The summed E-state index contributed by atoms with van der Waals surface area (Å²) in [6.45, 7) is 0. The van der Waals surface area contributed by atoms with Crippen molar-refractivity contribution in [2.75, 3.05) is 0 Å². The zero-order chi connectivity index (χ0) is 17.4. The molecule has 3 aromatic rings. The summed E-state index contributed by atoms with van der Waals surface area (Å²) >= 11 is 0. The van der Waals surface area contributed by atoms with E-state index in [9.17, 15) is 9.59 Å². The van der Waals surface area contributed by atoms with E-state index in [0.717, 1.165) is 17.4 Å². The lowest BCUT2D eigenvalue weighted by atomic mass is 10.1. The molecule has 7 nitrogen and oxygen atoms in total. The molecule has 1 aromatic carbocycles. The molecular formula is C17H21N5O2. The lowest BCUT2D eigenvalue weighted by molar-refractivity contribution is 0.705. The van der Waals surface area contributed by atoms with Gasteiger partial charge in [0.1, 0.15) is 0 Å². The van der Waals surface area contributed by atoms with Gasteiger partial charge in [0.2, 0.25) is 0 Å². The number of nitrogens with two attached hydrogens (primary N) is 1. The highest BCUT2D eigenvalue weighted by atomic mass is 16.2. The van der Waals surface area contributed by atoms with Gasteiger partial charge in [-0.15, -0.1) is 0 Å². The van der Waals surface area contributed by atoms with Crippen molar-refractivity contribution in [3.05, 3.63) is 62.6 Å². The first-order chi connectivity index (χ1) is 11.4. The van der Waals surface area contributed by atoms with Crippen LogP contribution in [0.3, 0.4) is 0 Å². The third kappa shape index (κ3) is 2.56. The molecule has 0 bridgehead atoms. The van der Waals surface area contributed by atoms with Gasteiger partial charge < -0.3 is 10.3 Å². The van der Waals surface area contributed by atoms with Crippen molar-refractivity contribution in [3.8, 4) is 0 Å². The van der Waals surface area contributed by atoms with Crippen LogP contribution in [0.2, 0.25) is 0 Å². The molecule has 0 aliphatic heterocycles. The summed E-state index contributed by atoms with van der Waals surface area (Å²) in [4.78, 5) is 27.2. The van der Waals surface area contributed by atoms with E-state index in [4.69, 9.17) is 5.73 Å². The molecule has 1 unspecified atom stereocenters. The second-order valence-corrected chi connectivity index (χ2v) is 6.08. The van der Waals surface area contributed by atoms with Gasteiger partial charge in [0, 0.05) is 27.2 Å². The SMILES string of the molecule is Cn1c(=O)c2c(ncn2C)n(C)c1=O.NC1CCc2ccccc21. The summed E-state index contributed by atoms with van der Waals surface area (Å²) in [5.74, 6) is 0. The molecule has 24 heavy (non-hydrogen) atoms. The first-order valence-corrected chi connectivity index (χ1v) is 7.82. The number of benzene rings is 1. The Morgan fingerprint density at radius 2 is 1.83 bits per heavy atom. The van der Waals surface area contributed by atoms with Crippen LogP contribution in [0.1, 0.15) is 23.6 Å². The molecule has 0 radical (unpaired) electrons. The first-order valence-electron chi connectivity index (χ1n) is 7.82. The van der Waals surface area contributed by atoms with Gasteiger partial charge in [0.25, 0.3) is 5.56 Å². The average Bonchev–Trinajstić information content (AvgIpc) is 3.16. The molecule has 1 aliphatic carbocycles. The van der Waals surface area contributed by atoms with Crippen LogP contribution in [-0.4, -0.2) is 18.7 Å². The second kappa shape index (κ2) is 6.09. The van der Waals surface area contributed by atoms with Crippen LogP contribution >= 0.6 is 0 Å². The minimum absolute atomic E-state index is 0.302.